The van der Waals surface area contributed by atoms with Crippen LogP contribution in [0.3, 0.4) is 0 Å². The number of aromatic nitrogens is 1. The summed E-state index contributed by atoms with van der Waals surface area (Å²) in [6, 6.07) is 0. The van der Waals surface area contributed by atoms with Gasteiger partial charge in [0.2, 0.25) is 0 Å². The quantitative estimate of drug-likeness (QED) is 0.922. The van der Waals surface area contributed by atoms with Crippen LogP contribution in [0.15, 0.2) is 16.9 Å². The Bertz CT molecular complexity index is 374. The molecule has 2 rings (SSSR count). The maximum Gasteiger partial charge on any atom is 0.0776 e. The van der Waals surface area contributed by atoms with Gasteiger partial charge < -0.3 is 10.6 Å². The number of anilines is 2. The molecule has 0 aliphatic carbocycles. The normalized spacial score (nSPS) is 20.8. The lowest BCUT2D eigenvalue weighted by Gasteiger charge is -2.25. The Morgan fingerprint density at radius 3 is 2.94 bits per heavy atom. The van der Waals surface area contributed by atoms with E-state index < -0.39 is 0 Å². The lowest BCUT2D eigenvalue weighted by molar-refractivity contribution is 0.435. The summed E-state index contributed by atoms with van der Waals surface area (Å²) in [6.07, 6.45) is 10.1. The molecule has 2 heterocycles. The summed E-state index contributed by atoms with van der Waals surface area (Å²) in [5.41, 5.74) is 7.97. The maximum absolute atomic E-state index is 6.06. The van der Waals surface area contributed by atoms with Gasteiger partial charge in [-0.05, 0) is 41.1 Å². The molecule has 2 N–H and O–H groups in total. The molecule has 1 unspecified atom stereocenters. The van der Waals surface area contributed by atoms with Crippen molar-refractivity contribution in [3.63, 3.8) is 0 Å². The fraction of sp³-hybridized carbons (Fsp3) is 0.643. The molecule has 0 aromatic carbocycles. The van der Waals surface area contributed by atoms with Crippen molar-refractivity contribution in [1.82, 2.24) is 4.98 Å². The summed E-state index contributed by atoms with van der Waals surface area (Å²) in [5.74, 6) is 0.891. The van der Waals surface area contributed by atoms with Gasteiger partial charge in [-0.2, -0.15) is 0 Å². The average molecular weight is 312 g/mol. The van der Waals surface area contributed by atoms with Crippen molar-refractivity contribution in [2.45, 2.75) is 39.0 Å². The van der Waals surface area contributed by atoms with E-state index in [1.807, 2.05) is 6.20 Å². The van der Waals surface area contributed by atoms with E-state index in [4.69, 9.17) is 5.73 Å². The molecule has 0 bridgehead atoms. The minimum Gasteiger partial charge on any atom is -0.396 e. The van der Waals surface area contributed by atoms with Crippen LogP contribution in [0, 0.1) is 5.92 Å². The van der Waals surface area contributed by atoms with E-state index in [1.54, 1.807) is 6.20 Å². The molecule has 1 saturated heterocycles. The highest BCUT2D eigenvalue weighted by Crippen LogP contribution is 2.34. The Labute approximate surface area is 118 Å². The number of rotatable bonds is 3. The van der Waals surface area contributed by atoms with E-state index in [0.717, 1.165) is 34.9 Å². The lowest BCUT2D eigenvalue weighted by Crippen LogP contribution is -2.25. The minimum absolute atomic E-state index is 0.776. The molecule has 0 amide bonds. The first-order valence-electron chi connectivity index (χ1n) is 6.86. The third kappa shape index (κ3) is 3.16. The topological polar surface area (TPSA) is 42.1 Å². The van der Waals surface area contributed by atoms with Gasteiger partial charge in [-0.15, -0.1) is 0 Å². The molecule has 1 fully saturated rings. The molecule has 1 aromatic heterocycles. The Morgan fingerprint density at radius 1 is 1.39 bits per heavy atom. The second-order valence-corrected chi connectivity index (χ2v) is 5.99. The van der Waals surface area contributed by atoms with Gasteiger partial charge in [0.15, 0.2) is 0 Å². The summed E-state index contributed by atoms with van der Waals surface area (Å²) in [5, 5.41) is 0. The van der Waals surface area contributed by atoms with Gasteiger partial charge >= 0.3 is 0 Å². The lowest BCUT2D eigenvalue weighted by atomic mass is 9.96. The fourth-order valence-electron chi connectivity index (χ4n) is 2.86. The van der Waals surface area contributed by atoms with Crippen LogP contribution in [0.1, 0.15) is 39.0 Å². The van der Waals surface area contributed by atoms with Gasteiger partial charge in [-0.25, -0.2) is 0 Å². The highest BCUT2D eigenvalue weighted by molar-refractivity contribution is 9.10. The van der Waals surface area contributed by atoms with Crippen LogP contribution in [-0.4, -0.2) is 18.1 Å². The van der Waals surface area contributed by atoms with Crippen molar-refractivity contribution >= 4 is 27.3 Å². The van der Waals surface area contributed by atoms with Crippen molar-refractivity contribution < 1.29 is 0 Å². The number of hydrogen-bond donors (Lipinski definition) is 1. The van der Waals surface area contributed by atoms with Crippen LogP contribution in [0.5, 0.6) is 0 Å². The van der Waals surface area contributed by atoms with Crippen LogP contribution >= 0.6 is 15.9 Å². The Morgan fingerprint density at radius 2 is 2.22 bits per heavy atom. The van der Waals surface area contributed by atoms with Crippen molar-refractivity contribution in [3.05, 3.63) is 16.9 Å². The summed E-state index contributed by atoms with van der Waals surface area (Å²) < 4.78 is 1.01. The van der Waals surface area contributed by atoms with Crippen LogP contribution in [0.25, 0.3) is 0 Å². The largest absolute Gasteiger partial charge is 0.396 e. The van der Waals surface area contributed by atoms with Gasteiger partial charge in [0, 0.05) is 19.3 Å². The smallest absolute Gasteiger partial charge is 0.0776 e. The van der Waals surface area contributed by atoms with E-state index in [9.17, 15) is 0 Å². The highest BCUT2D eigenvalue weighted by atomic mass is 79.9. The summed E-state index contributed by atoms with van der Waals surface area (Å²) >= 11 is 3.57. The standard InChI is InChI=1S/C14H22BrN3/c1-2-4-11-5-3-7-18(8-6-11)14-12(15)9-17-10-13(14)16/h9-11H,2-8,16H2,1H3. The van der Waals surface area contributed by atoms with Gasteiger partial charge in [0.25, 0.3) is 0 Å². The molecule has 3 nitrogen and oxygen atoms in total. The molecule has 18 heavy (non-hydrogen) atoms. The van der Waals surface area contributed by atoms with Crippen molar-refractivity contribution in [2.75, 3.05) is 23.7 Å². The van der Waals surface area contributed by atoms with Crippen LogP contribution in [0.2, 0.25) is 0 Å². The van der Waals surface area contributed by atoms with Gasteiger partial charge in [-0.3, -0.25) is 4.98 Å². The molecule has 1 aromatic rings. The minimum atomic E-state index is 0.776. The van der Waals surface area contributed by atoms with Gasteiger partial charge in [0.1, 0.15) is 0 Å². The van der Waals surface area contributed by atoms with Crippen molar-refractivity contribution in [3.8, 4) is 0 Å². The molecular weight excluding hydrogens is 290 g/mol. The predicted molar refractivity (Wildman–Crippen MR) is 80.8 cm³/mol. The van der Waals surface area contributed by atoms with Crippen LogP contribution < -0.4 is 10.6 Å². The molecule has 0 saturated carbocycles. The Kier molecular flexibility index (Phi) is 4.87. The number of pyridine rings is 1. The molecule has 0 radical (unpaired) electrons. The predicted octanol–water partition coefficient (Wildman–Crippen LogP) is 3.83. The first-order chi connectivity index (χ1) is 8.72. The van der Waals surface area contributed by atoms with E-state index in [1.165, 1.54) is 32.1 Å². The number of nitrogens with two attached hydrogens (primary N) is 1. The van der Waals surface area contributed by atoms with E-state index >= 15 is 0 Å². The first kappa shape index (κ1) is 13.7. The van der Waals surface area contributed by atoms with Crippen LogP contribution in [0.4, 0.5) is 11.4 Å². The molecule has 100 valence electrons. The van der Waals surface area contributed by atoms with Crippen molar-refractivity contribution in [2.24, 2.45) is 5.92 Å². The number of nitrogen functional groups attached to an aromatic ring is 1. The summed E-state index contributed by atoms with van der Waals surface area (Å²) in [6.45, 7) is 4.49. The first-order valence-corrected chi connectivity index (χ1v) is 7.65. The highest BCUT2D eigenvalue weighted by Gasteiger charge is 2.19. The maximum atomic E-state index is 6.06. The Balaban J connectivity index is 2.10. The second-order valence-electron chi connectivity index (χ2n) is 5.13. The number of halogens is 1. The van der Waals surface area contributed by atoms with Crippen molar-refractivity contribution in [1.29, 1.82) is 0 Å². The third-order valence-electron chi connectivity index (χ3n) is 3.76. The molecular formula is C14H22BrN3. The molecule has 1 aliphatic rings. The second kappa shape index (κ2) is 6.41. The molecule has 4 heteroatoms. The number of hydrogen-bond acceptors (Lipinski definition) is 3. The third-order valence-corrected chi connectivity index (χ3v) is 4.34. The monoisotopic (exact) mass is 311 g/mol. The molecule has 1 atom stereocenters. The zero-order valence-electron chi connectivity index (χ0n) is 11.0. The van der Waals surface area contributed by atoms with E-state index in [2.05, 4.69) is 32.7 Å². The molecule has 1 aliphatic heterocycles. The van der Waals surface area contributed by atoms with Gasteiger partial charge in [0.05, 0.1) is 22.0 Å². The SMILES string of the molecule is CCCC1CCCN(c2c(N)cncc2Br)CC1. The summed E-state index contributed by atoms with van der Waals surface area (Å²) in [4.78, 5) is 6.52. The van der Waals surface area contributed by atoms with E-state index in [0.29, 0.717) is 0 Å². The average Bonchev–Trinajstić information content (AvgIpc) is 2.56. The zero-order valence-corrected chi connectivity index (χ0v) is 12.6. The fourth-order valence-corrected chi connectivity index (χ4v) is 3.46. The summed E-state index contributed by atoms with van der Waals surface area (Å²) in [7, 11) is 0. The van der Waals surface area contributed by atoms with E-state index in [-0.39, 0.29) is 0 Å². The van der Waals surface area contributed by atoms with Crippen LogP contribution in [-0.2, 0) is 0 Å². The van der Waals surface area contributed by atoms with Gasteiger partial charge in [-0.1, -0.05) is 19.8 Å². The number of nitrogens with zero attached hydrogens (tertiary/aromatic N) is 2. The Hall–Kier alpha value is -0.770. The zero-order chi connectivity index (χ0) is 13.0. The molecule has 0 spiro atoms.